The van der Waals surface area contributed by atoms with Crippen molar-refractivity contribution in [2.45, 2.75) is 5.75 Å². The third-order valence-electron chi connectivity index (χ3n) is 3.33. The lowest BCUT2D eigenvalue weighted by atomic mass is 10.2. The molecule has 1 amide bonds. The molecule has 0 saturated heterocycles. The summed E-state index contributed by atoms with van der Waals surface area (Å²) in [7, 11) is -3.75. The van der Waals surface area contributed by atoms with E-state index in [1.54, 1.807) is 24.3 Å². The van der Waals surface area contributed by atoms with E-state index >= 15 is 0 Å². The molecule has 2 aromatic rings. The Morgan fingerprint density at radius 2 is 1.77 bits per heavy atom. The highest BCUT2D eigenvalue weighted by atomic mass is 32.2. The van der Waals surface area contributed by atoms with Gasteiger partial charge >= 0.3 is 0 Å². The second-order valence-corrected chi connectivity index (χ2v) is 6.85. The summed E-state index contributed by atoms with van der Waals surface area (Å²) < 4.78 is 39.2. The number of rotatable bonds is 3. The second kappa shape index (κ2) is 5.42. The first-order valence-corrected chi connectivity index (χ1v) is 8.20. The number of anilines is 2. The Hall–Kier alpha value is -2.41. The van der Waals surface area contributed by atoms with Crippen LogP contribution in [0.1, 0.15) is 5.56 Å². The van der Waals surface area contributed by atoms with Crippen LogP contribution in [0, 0.1) is 5.82 Å². The van der Waals surface area contributed by atoms with Crippen molar-refractivity contribution in [3.05, 3.63) is 59.9 Å². The molecule has 1 aliphatic heterocycles. The summed E-state index contributed by atoms with van der Waals surface area (Å²) in [6, 6.07) is 12.0. The highest BCUT2D eigenvalue weighted by Gasteiger charge is 2.30. The van der Waals surface area contributed by atoms with E-state index < -0.39 is 15.8 Å². The van der Waals surface area contributed by atoms with Gasteiger partial charge in [-0.05, 0) is 29.8 Å². The normalized spacial score (nSPS) is 14.4. The van der Waals surface area contributed by atoms with Crippen molar-refractivity contribution in [1.82, 2.24) is 0 Å². The van der Waals surface area contributed by atoms with E-state index in [0.717, 1.165) is 4.31 Å². The van der Waals surface area contributed by atoms with Crippen LogP contribution in [-0.2, 0) is 20.6 Å². The van der Waals surface area contributed by atoms with Crippen LogP contribution in [0.15, 0.2) is 48.5 Å². The number of fused-ring (bicyclic) bond motifs is 1. The van der Waals surface area contributed by atoms with Gasteiger partial charge in [-0.25, -0.2) is 12.8 Å². The van der Waals surface area contributed by atoms with Gasteiger partial charge in [0.2, 0.25) is 15.9 Å². The summed E-state index contributed by atoms with van der Waals surface area (Å²) in [5, 5.41) is 2.64. The van der Waals surface area contributed by atoms with Crippen molar-refractivity contribution < 1.29 is 17.6 Å². The predicted molar refractivity (Wildman–Crippen MR) is 81.4 cm³/mol. The van der Waals surface area contributed by atoms with Crippen LogP contribution in [-0.4, -0.2) is 20.9 Å². The molecule has 114 valence electrons. The largest absolute Gasteiger partial charge is 0.323 e. The molecule has 0 fully saturated rings. The van der Waals surface area contributed by atoms with Crippen molar-refractivity contribution in [3.8, 4) is 0 Å². The number of benzene rings is 2. The maximum atomic E-state index is 12.9. The molecule has 0 atom stereocenters. The Morgan fingerprint density at radius 3 is 2.50 bits per heavy atom. The number of nitrogens with one attached hydrogen (secondary N) is 1. The average Bonchev–Trinajstić information content (AvgIpc) is 2.48. The maximum Gasteiger partial charge on any atom is 0.245 e. The maximum absolute atomic E-state index is 12.9. The Morgan fingerprint density at radius 1 is 1.09 bits per heavy atom. The van der Waals surface area contributed by atoms with Crippen LogP contribution in [0.5, 0.6) is 0 Å². The molecule has 2 aromatic carbocycles. The molecule has 0 saturated carbocycles. The van der Waals surface area contributed by atoms with E-state index in [-0.39, 0.29) is 18.2 Å². The molecule has 0 aromatic heterocycles. The lowest BCUT2D eigenvalue weighted by molar-refractivity contribution is -0.115. The molecule has 3 rings (SSSR count). The van der Waals surface area contributed by atoms with Crippen molar-refractivity contribution in [3.63, 3.8) is 0 Å². The molecule has 1 aliphatic rings. The molecule has 7 heteroatoms. The minimum absolute atomic E-state index is 0.263. The lowest BCUT2D eigenvalue weighted by Crippen LogP contribution is -2.42. The van der Waals surface area contributed by atoms with Gasteiger partial charge in [-0.15, -0.1) is 0 Å². The van der Waals surface area contributed by atoms with Crippen molar-refractivity contribution >= 4 is 27.3 Å². The summed E-state index contributed by atoms with van der Waals surface area (Å²) in [6.45, 7) is -0.263. The van der Waals surface area contributed by atoms with E-state index in [4.69, 9.17) is 0 Å². The number of carbonyl (C=O) groups is 1. The van der Waals surface area contributed by atoms with E-state index in [2.05, 4.69) is 5.32 Å². The van der Waals surface area contributed by atoms with E-state index in [1.165, 1.54) is 24.3 Å². The Kier molecular flexibility index (Phi) is 3.58. The monoisotopic (exact) mass is 320 g/mol. The molecular weight excluding hydrogens is 307 g/mol. The van der Waals surface area contributed by atoms with Gasteiger partial charge in [0.1, 0.15) is 12.4 Å². The molecule has 0 unspecified atom stereocenters. The number of nitrogens with zero attached hydrogens (tertiary/aromatic N) is 1. The number of hydrogen-bond donors (Lipinski definition) is 1. The zero-order valence-electron chi connectivity index (χ0n) is 11.5. The average molecular weight is 320 g/mol. The van der Waals surface area contributed by atoms with E-state index in [0.29, 0.717) is 16.9 Å². The first-order valence-electron chi connectivity index (χ1n) is 6.59. The van der Waals surface area contributed by atoms with Crippen molar-refractivity contribution in [2.75, 3.05) is 16.2 Å². The quantitative estimate of drug-likeness (QED) is 0.942. The summed E-state index contributed by atoms with van der Waals surface area (Å²) in [6.07, 6.45) is 0. The highest BCUT2D eigenvalue weighted by molar-refractivity contribution is 7.92. The molecule has 0 bridgehead atoms. The number of para-hydroxylation sites is 2. The van der Waals surface area contributed by atoms with Gasteiger partial charge in [-0.3, -0.25) is 9.10 Å². The van der Waals surface area contributed by atoms with Crippen LogP contribution in [0.25, 0.3) is 0 Å². The molecule has 0 radical (unpaired) electrons. The van der Waals surface area contributed by atoms with Crippen LogP contribution in [0.4, 0.5) is 15.8 Å². The first kappa shape index (κ1) is 14.5. The van der Waals surface area contributed by atoms with Crippen LogP contribution in [0.3, 0.4) is 0 Å². The number of hydrogen-bond acceptors (Lipinski definition) is 3. The van der Waals surface area contributed by atoms with Gasteiger partial charge in [-0.2, -0.15) is 0 Å². The standard InChI is InChI=1S/C15H13FN2O3S/c16-12-7-5-11(6-8-12)10-22(20,21)18-9-15(19)17-13-3-1-2-4-14(13)18/h1-8H,9-10H2,(H,17,19). The van der Waals surface area contributed by atoms with Crippen molar-refractivity contribution in [1.29, 1.82) is 0 Å². The fourth-order valence-corrected chi connectivity index (χ4v) is 3.86. The molecular formula is C15H13FN2O3S. The topological polar surface area (TPSA) is 66.5 Å². The summed E-state index contributed by atoms with van der Waals surface area (Å²) in [5.41, 5.74) is 1.36. The van der Waals surface area contributed by atoms with Gasteiger partial charge < -0.3 is 5.32 Å². The predicted octanol–water partition coefficient (Wildman–Crippen LogP) is 2.11. The zero-order valence-corrected chi connectivity index (χ0v) is 12.3. The minimum atomic E-state index is -3.75. The number of halogens is 1. The van der Waals surface area contributed by atoms with Gasteiger partial charge in [0.25, 0.3) is 0 Å². The molecule has 0 aliphatic carbocycles. The first-order chi connectivity index (χ1) is 10.5. The van der Waals surface area contributed by atoms with Gasteiger partial charge in [-0.1, -0.05) is 24.3 Å². The lowest BCUT2D eigenvalue weighted by Gasteiger charge is -2.30. The van der Waals surface area contributed by atoms with Crippen LogP contribution < -0.4 is 9.62 Å². The van der Waals surface area contributed by atoms with E-state index in [9.17, 15) is 17.6 Å². The summed E-state index contributed by atoms with van der Waals surface area (Å²) >= 11 is 0. The van der Waals surface area contributed by atoms with Crippen LogP contribution >= 0.6 is 0 Å². The molecule has 5 nitrogen and oxygen atoms in total. The van der Waals surface area contributed by atoms with Crippen molar-refractivity contribution in [2.24, 2.45) is 0 Å². The highest BCUT2D eigenvalue weighted by Crippen LogP contribution is 2.31. The third kappa shape index (κ3) is 2.80. The number of sulfonamides is 1. The zero-order chi connectivity index (χ0) is 15.7. The fraction of sp³-hybridized carbons (Fsp3) is 0.133. The van der Waals surface area contributed by atoms with E-state index in [1.807, 2.05) is 0 Å². The summed E-state index contributed by atoms with van der Waals surface area (Å²) in [4.78, 5) is 11.7. The summed E-state index contributed by atoms with van der Waals surface area (Å²) in [5.74, 6) is -1.11. The van der Waals surface area contributed by atoms with Gasteiger partial charge in [0.15, 0.2) is 0 Å². The van der Waals surface area contributed by atoms with Gasteiger partial charge in [0.05, 0.1) is 17.1 Å². The second-order valence-electron chi connectivity index (χ2n) is 4.95. The SMILES string of the molecule is O=C1CN(S(=O)(=O)Cc2ccc(F)cc2)c2ccccc2N1. The molecule has 1 N–H and O–H groups in total. The number of amides is 1. The van der Waals surface area contributed by atoms with Gasteiger partial charge in [0, 0.05) is 0 Å². The van der Waals surface area contributed by atoms with Crippen LogP contribution in [0.2, 0.25) is 0 Å². The molecule has 1 heterocycles. The number of carbonyl (C=O) groups excluding carboxylic acids is 1. The Balaban J connectivity index is 1.95. The molecule has 0 spiro atoms. The Labute approximate surface area is 127 Å². The third-order valence-corrected chi connectivity index (χ3v) is 5.03. The molecule has 22 heavy (non-hydrogen) atoms. The smallest absolute Gasteiger partial charge is 0.245 e. The fourth-order valence-electron chi connectivity index (χ4n) is 2.32. The minimum Gasteiger partial charge on any atom is -0.323 e. The Bertz CT molecular complexity index is 819.